The van der Waals surface area contributed by atoms with Gasteiger partial charge in [-0.05, 0) is 37.1 Å². The number of carbonyl (C=O) groups excluding carboxylic acids is 2. The molecule has 31 heavy (non-hydrogen) atoms. The third-order valence-electron chi connectivity index (χ3n) is 6.24. The lowest BCUT2D eigenvalue weighted by Gasteiger charge is -2.31. The van der Waals surface area contributed by atoms with E-state index in [-0.39, 0.29) is 24.2 Å². The van der Waals surface area contributed by atoms with E-state index >= 15 is 0 Å². The van der Waals surface area contributed by atoms with Gasteiger partial charge in [0.1, 0.15) is 0 Å². The summed E-state index contributed by atoms with van der Waals surface area (Å²) in [5.41, 5.74) is 5.42. The molecule has 0 saturated carbocycles. The van der Waals surface area contributed by atoms with Gasteiger partial charge in [0.15, 0.2) is 0 Å². The molecule has 2 fully saturated rings. The van der Waals surface area contributed by atoms with Crippen LogP contribution in [0.25, 0.3) is 0 Å². The van der Waals surface area contributed by atoms with Gasteiger partial charge in [-0.1, -0.05) is 35.9 Å². The molecule has 0 radical (unpaired) electrons. The molecule has 2 saturated heterocycles. The predicted molar refractivity (Wildman–Crippen MR) is 122 cm³/mol. The first-order chi connectivity index (χ1) is 14.9. The van der Waals surface area contributed by atoms with Crippen LogP contribution in [0.5, 0.6) is 0 Å². The number of nitrogens with zero attached hydrogens (tertiary/aromatic N) is 3. The van der Waals surface area contributed by atoms with Crippen molar-refractivity contribution in [2.75, 3.05) is 49.7 Å². The molecule has 2 aliphatic rings. The summed E-state index contributed by atoms with van der Waals surface area (Å²) >= 11 is 0. The molecule has 0 bridgehead atoms. The Labute approximate surface area is 184 Å². The summed E-state index contributed by atoms with van der Waals surface area (Å²) in [5, 5.41) is 0. The number of rotatable bonds is 5. The van der Waals surface area contributed by atoms with Gasteiger partial charge in [-0.2, -0.15) is 0 Å². The van der Waals surface area contributed by atoms with Crippen LogP contribution in [-0.4, -0.2) is 56.6 Å². The van der Waals surface area contributed by atoms with Crippen molar-refractivity contribution in [3.63, 3.8) is 0 Å². The molecule has 164 valence electrons. The zero-order chi connectivity index (χ0) is 22.0. The molecule has 2 amide bonds. The van der Waals surface area contributed by atoms with Crippen LogP contribution in [0.1, 0.15) is 23.1 Å². The molecular weight excluding hydrogens is 390 g/mol. The van der Waals surface area contributed by atoms with Crippen molar-refractivity contribution in [2.24, 2.45) is 5.92 Å². The average Bonchev–Trinajstić information content (AvgIpc) is 3.15. The Balaban J connectivity index is 1.45. The molecule has 1 unspecified atom stereocenters. The molecule has 1 atom stereocenters. The summed E-state index contributed by atoms with van der Waals surface area (Å²) in [4.78, 5) is 31.8. The first-order valence-corrected chi connectivity index (χ1v) is 11.0. The predicted octanol–water partition coefficient (Wildman–Crippen LogP) is 3.15. The van der Waals surface area contributed by atoms with Crippen LogP contribution in [0.3, 0.4) is 0 Å². The van der Waals surface area contributed by atoms with Gasteiger partial charge in [0.25, 0.3) is 0 Å². The van der Waals surface area contributed by atoms with E-state index in [0.29, 0.717) is 13.1 Å². The maximum atomic E-state index is 13.2. The van der Waals surface area contributed by atoms with E-state index in [1.165, 1.54) is 5.56 Å². The van der Waals surface area contributed by atoms with Gasteiger partial charge in [0.2, 0.25) is 11.8 Å². The number of para-hydroxylation sites is 1. The first kappa shape index (κ1) is 21.4. The summed E-state index contributed by atoms with van der Waals surface area (Å²) in [5.74, 6) is -0.265. The van der Waals surface area contributed by atoms with Gasteiger partial charge in [-0.25, -0.2) is 0 Å². The van der Waals surface area contributed by atoms with E-state index in [2.05, 4.69) is 23.1 Å². The number of ether oxygens (including phenoxy) is 1. The maximum absolute atomic E-state index is 13.2. The highest BCUT2D eigenvalue weighted by atomic mass is 16.5. The Bertz CT molecular complexity index is 968. The maximum Gasteiger partial charge on any atom is 0.228 e. The SMILES string of the molecule is Cc1ccc(N2CC(C(=O)N(C)Cc3ccccc3N3CCOCC3)CC2=O)c(C)c1. The average molecular weight is 422 g/mol. The van der Waals surface area contributed by atoms with E-state index in [9.17, 15) is 9.59 Å². The van der Waals surface area contributed by atoms with E-state index in [4.69, 9.17) is 4.74 Å². The van der Waals surface area contributed by atoms with Crippen LogP contribution in [0.4, 0.5) is 11.4 Å². The number of aryl methyl sites for hydroxylation is 2. The zero-order valence-electron chi connectivity index (χ0n) is 18.6. The Morgan fingerprint density at radius 3 is 2.58 bits per heavy atom. The van der Waals surface area contributed by atoms with Gasteiger partial charge >= 0.3 is 0 Å². The van der Waals surface area contributed by atoms with Crippen molar-refractivity contribution in [3.05, 3.63) is 59.2 Å². The highest BCUT2D eigenvalue weighted by Crippen LogP contribution is 2.30. The Morgan fingerprint density at radius 1 is 1.10 bits per heavy atom. The molecule has 2 heterocycles. The number of hydrogen-bond acceptors (Lipinski definition) is 4. The van der Waals surface area contributed by atoms with E-state index in [1.54, 1.807) is 9.80 Å². The molecule has 0 aliphatic carbocycles. The van der Waals surface area contributed by atoms with Crippen molar-refractivity contribution in [1.29, 1.82) is 0 Å². The minimum atomic E-state index is -0.311. The molecular formula is C25H31N3O3. The fourth-order valence-electron chi connectivity index (χ4n) is 4.62. The summed E-state index contributed by atoms with van der Waals surface area (Å²) in [6.07, 6.45) is 0.265. The van der Waals surface area contributed by atoms with Crippen molar-refractivity contribution >= 4 is 23.2 Å². The number of anilines is 2. The molecule has 2 aliphatic heterocycles. The van der Waals surface area contributed by atoms with Crippen molar-refractivity contribution in [1.82, 2.24) is 4.90 Å². The smallest absolute Gasteiger partial charge is 0.228 e. The van der Waals surface area contributed by atoms with Crippen LogP contribution in [0.2, 0.25) is 0 Å². The molecule has 6 nitrogen and oxygen atoms in total. The normalized spacial score (nSPS) is 19.1. The lowest BCUT2D eigenvalue weighted by atomic mass is 10.1. The third kappa shape index (κ3) is 4.59. The van der Waals surface area contributed by atoms with Crippen LogP contribution in [0, 0.1) is 19.8 Å². The van der Waals surface area contributed by atoms with Crippen molar-refractivity contribution < 1.29 is 14.3 Å². The summed E-state index contributed by atoms with van der Waals surface area (Å²) in [6, 6.07) is 14.3. The summed E-state index contributed by atoms with van der Waals surface area (Å²) < 4.78 is 5.48. The van der Waals surface area contributed by atoms with Gasteiger partial charge in [-0.3, -0.25) is 9.59 Å². The van der Waals surface area contributed by atoms with Crippen LogP contribution in [0.15, 0.2) is 42.5 Å². The minimum absolute atomic E-state index is 0.0208. The highest BCUT2D eigenvalue weighted by molar-refractivity contribution is 6.00. The Morgan fingerprint density at radius 2 is 1.84 bits per heavy atom. The number of amides is 2. The quantitative estimate of drug-likeness (QED) is 0.744. The lowest BCUT2D eigenvalue weighted by molar-refractivity contribution is -0.135. The molecule has 0 spiro atoms. The second kappa shape index (κ2) is 9.10. The third-order valence-corrected chi connectivity index (χ3v) is 6.24. The topological polar surface area (TPSA) is 53.1 Å². The van der Waals surface area contributed by atoms with E-state index in [1.807, 2.05) is 45.2 Å². The fraction of sp³-hybridized carbons (Fsp3) is 0.440. The molecule has 2 aromatic rings. The van der Waals surface area contributed by atoms with Crippen molar-refractivity contribution in [2.45, 2.75) is 26.8 Å². The first-order valence-electron chi connectivity index (χ1n) is 11.0. The van der Waals surface area contributed by atoms with Gasteiger partial charge in [0.05, 0.1) is 19.1 Å². The number of morpholine rings is 1. The van der Waals surface area contributed by atoms with Gasteiger partial charge in [-0.15, -0.1) is 0 Å². The van der Waals surface area contributed by atoms with Crippen LogP contribution in [-0.2, 0) is 20.9 Å². The van der Waals surface area contributed by atoms with E-state index in [0.717, 1.165) is 48.8 Å². The molecule has 4 rings (SSSR count). The second-order valence-electron chi connectivity index (χ2n) is 8.62. The molecule has 0 N–H and O–H groups in total. The van der Waals surface area contributed by atoms with Crippen LogP contribution >= 0.6 is 0 Å². The lowest BCUT2D eigenvalue weighted by Crippen LogP contribution is -2.38. The number of carbonyl (C=O) groups is 2. The van der Waals surface area contributed by atoms with Gasteiger partial charge in [0, 0.05) is 51.0 Å². The Kier molecular flexibility index (Phi) is 6.28. The fourth-order valence-corrected chi connectivity index (χ4v) is 4.62. The standard InChI is InChI=1S/C25H31N3O3/c1-18-8-9-22(19(2)14-18)28-17-21(15-24(28)29)25(30)26(3)16-20-6-4-5-7-23(20)27-10-12-31-13-11-27/h4-9,14,21H,10-13,15-17H2,1-3H3. The molecule has 6 heteroatoms. The van der Waals surface area contributed by atoms with E-state index < -0.39 is 0 Å². The minimum Gasteiger partial charge on any atom is -0.378 e. The molecule has 2 aromatic carbocycles. The number of hydrogen-bond donors (Lipinski definition) is 0. The highest BCUT2D eigenvalue weighted by Gasteiger charge is 2.37. The molecule has 0 aromatic heterocycles. The summed E-state index contributed by atoms with van der Waals surface area (Å²) in [7, 11) is 1.84. The second-order valence-corrected chi connectivity index (χ2v) is 8.62. The Hall–Kier alpha value is -2.86. The largest absolute Gasteiger partial charge is 0.378 e. The van der Waals surface area contributed by atoms with Crippen LogP contribution < -0.4 is 9.80 Å². The monoisotopic (exact) mass is 421 g/mol. The zero-order valence-corrected chi connectivity index (χ0v) is 18.6. The summed E-state index contributed by atoms with van der Waals surface area (Å²) in [6.45, 7) is 8.19. The van der Waals surface area contributed by atoms with Crippen molar-refractivity contribution in [3.8, 4) is 0 Å². The van der Waals surface area contributed by atoms with Gasteiger partial charge < -0.3 is 19.4 Å². The number of benzene rings is 2.